The predicted molar refractivity (Wildman–Crippen MR) is 109 cm³/mol. The molecule has 28 heavy (non-hydrogen) atoms. The Morgan fingerprint density at radius 1 is 1.00 bits per heavy atom. The third-order valence-electron chi connectivity index (χ3n) is 5.26. The van der Waals surface area contributed by atoms with Crippen molar-refractivity contribution in [3.05, 3.63) is 65.4 Å². The second-order valence-corrected chi connectivity index (χ2v) is 7.15. The molecule has 0 atom stereocenters. The van der Waals surface area contributed by atoms with Crippen molar-refractivity contribution in [2.24, 2.45) is 0 Å². The number of benzene rings is 2. The molecule has 0 fully saturated rings. The number of amides is 2. The van der Waals surface area contributed by atoms with Crippen molar-refractivity contribution in [3.8, 4) is 5.75 Å². The standard InChI is InChI=1S/C23H24N2O3/c1-3-15-28-18-12-10-17(11-13-18)20-21(23(27)24(2)22(20)26)25-14-6-8-16-7-4-5-9-19(16)25/h4-5,7,9-13H,3,6,8,14-15H2,1-2H3. The molecule has 2 heterocycles. The van der Waals surface area contributed by atoms with E-state index in [1.807, 2.05) is 47.4 Å². The summed E-state index contributed by atoms with van der Waals surface area (Å²) in [5.41, 5.74) is 3.90. The Balaban J connectivity index is 1.79. The Bertz CT molecular complexity index is 947. The summed E-state index contributed by atoms with van der Waals surface area (Å²) in [6, 6.07) is 15.5. The van der Waals surface area contributed by atoms with Gasteiger partial charge in [0.15, 0.2) is 0 Å². The van der Waals surface area contributed by atoms with Crippen LogP contribution in [0.15, 0.2) is 54.2 Å². The lowest BCUT2D eigenvalue weighted by atomic mass is 9.98. The van der Waals surface area contributed by atoms with Gasteiger partial charge in [-0.2, -0.15) is 0 Å². The number of likely N-dealkylation sites (N-methyl/N-ethyl adjacent to an activating group) is 1. The topological polar surface area (TPSA) is 49.9 Å². The molecule has 0 radical (unpaired) electrons. The van der Waals surface area contributed by atoms with Crippen LogP contribution in [0.2, 0.25) is 0 Å². The van der Waals surface area contributed by atoms with Gasteiger partial charge < -0.3 is 9.64 Å². The molecule has 5 heteroatoms. The van der Waals surface area contributed by atoms with Gasteiger partial charge in [0.1, 0.15) is 11.4 Å². The number of fused-ring (bicyclic) bond motifs is 1. The molecule has 144 valence electrons. The first-order chi connectivity index (χ1) is 13.6. The average molecular weight is 376 g/mol. The molecule has 2 aromatic rings. The summed E-state index contributed by atoms with van der Waals surface area (Å²) >= 11 is 0. The van der Waals surface area contributed by atoms with E-state index in [0.29, 0.717) is 17.9 Å². The van der Waals surface area contributed by atoms with Crippen molar-refractivity contribution in [3.63, 3.8) is 0 Å². The average Bonchev–Trinajstić information content (AvgIpc) is 2.96. The van der Waals surface area contributed by atoms with Gasteiger partial charge in [0.05, 0.1) is 12.2 Å². The fourth-order valence-corrected chi connectivity index (χ4v) is 3.84. The molecular weight excluding hydrogens is 352 g/mol. The molecule has 0 bridgehead atoms. The fourth-order valence-electron chi connectivity index (χ4n) is 3.84. The Hall–Kier alpha value is -3.08. The lowest BCUT2D eigenvalue weighted by molar-refractivity contribution is -0.135. The third kappa shape index (κ3) is 3.07. The van der Waals surface area contributed by atoms with E-state index in [2.05, 4.69) is 13.0 Å². The number of hydrogen-bond donors (Lipinski definition) is 0. The van der Waals surface area contributed by atoms with Crippen molar-refractivity contribution >= 4 is 23.1 Å². The van der Waals surface area contributed by atoms with E-state index in [9.17, 15) is 9.59 Å². The van der Waals surface area contributed by atoms with Crippen LogP contribution in [0.3, 0.4) is 0 Å². The van der Waals surface area contributed by atoms with Crippen LogP contribution >= 0.6 is 0 Å². The van der Waals surface area contributed by atoms with Crippen LogP contribution in [-0.4, -0.2) is 36.9 Å². The monoisotopic (exact) mass is 376 g/mol. The van der Waals surface area contributed by atoms with Crippen molar-refractivity contribution < 1.29 is 14.3 Å². The number of aryl methyl sites for hydroxylation is 1. The van der Waals surface area contributed by atoms with Gasteiger partial charge >= 0.3 is 0 Å². The highest BCUT2D eigenvalue weighted by molar-refractivity contribution is 6.36. The van der Waals surface area contributed by atoms with Gasteiger partial charge in [-0.3, -0.25) is 14.5 Å². The lowest BCUT2D eigenvalue weighted by Crippen LogP contribution is -2.35. The van der Waals surface area contributed by atoms with Crippen molar-refractivity contribution in [1.82, 2.24) is 4.90 Å². The fraction of sp³-hybridized carbons (Fsp3) is 0.304. The maximum absolute atomic E-state index is 13.0. The number of hydrogen-bond acceptors (Lipinski definition) is 4. The summed E-state index contributed by atoms with van der Waals surface area (Å²) in [6.07, 6.45) is 2.86. The second kappa shape index (κ2) is 7.50. The van der Waals surface area contributed by atoms with Crippen LogP contribution in [0.1, 0.15) is 30.9 Å². The number of ether oxygens (including phenoxy) is 1. The molecular formula is C23H24N2O3. The van der Waals surface area contributed by atoms with Gasteiger partial charge in [-0.05, 0) is 48.6 Å². The molecule has 2 aromatic carbocycles. The molecule has 2 aliphatic rings. The van der Waals surface area contributed by atoms with Crippen LogP contribution in [0.4, 0.5) is 5.69 Å². The SMILES string of the molecule is CCCOc1ccc(C2=C(N3CCCc4ccccc43)C(=O)N(C)C2=O)cc1. The highest BCUT2D eigenvalue weighted by Gasteiger charge is 2.40. The molecule has 0 spiro atoms. The number of rotatable bonds is 5. The largest absolute Gasteiger partial charge is 0.494 e. The van der Waals surface area contributed by atoms with Crippen LogP contribution in [0.25, 0.3) is 5.57 Å². The van der Waals surface area contributed by atoms with Crippen LogP contribution in [0, 0.1) is 0 Å². The van der Waals surface area contributed by atoms with Crippen molar-refractivity contribution in [2.75, 3.05) is 25.1 Å². The Kier molecular flexibility index (Phi) is 4.90. The Morgan fingerprint density at radius 2 is 1.75 bits per heavy atom. The minimum atomic E-state index is -0.259. The quantitative estimate of drug-likeness (QED) is 0.748. The number of anilines is 1. The molecule has 0 N–H and O–H groups in total. The molecule has 0 saturated carbocycles. The summed E-state index contributed by atoms with van der Waals surface area (Å²) in [4.78, 5) is 29.2. The second-order valence-electron chi connectivity index (χ2n) is 7.15. The first kappa shape index (κ1) is 18.3. The smallest absolute Gasteiger partial charge is 0.277 e. The predicted octanol–water partition coefficient (Wildman–Crippen LogP) is 3.64. The van der Waals surface area contributed by atoms with Crippen LogP contribution < -0.4 is 9.64 Å². The van der Waals surface area contributed by atoms with Gasteiger partial charge in [0.25, 0.3) is 11.8 Å². The Labute approximate surface area is 165 Å². The van der Waals surface area contributed by atoms with Gasteiger partial charge in [-0.1, -0.05) is 37.3 Å². The maximum Gasteiger partial charge on any atom is 0.277 e. The van der Waals surface area contributed by atoms with Gasteiger partial charge in [0, 0.05) is 19.3 Å². The van der Waals surface area contributed by atoms with Crippen LogP contribution in [0.5, 0.6) is 5.75 Å². The zero-order valence-corrected chi connectivity index (χ0v) is 16.3. The highest BCUT2D eigenvalue weighted by atomic mass is 16.5. The van der Waals surface area contributed by atoms with Crippen molar-refractivity contribution in [2.45, 2.75) is 26.2 Å². The van der Waals surface area contributed by atoms with Gasteiger partial charge in [-0.15, -0.1) is 0 Å². The minimum absolute atomic E-state index is 0.247. The first-order valence-corrected chi connectivity index (χ1v) is 9.77. The van der Waals surface area contributed by atoms with Gasteiger partial charge in [0.2, 0.25) is 0 Å². The third-order valence-corrected chi connectivity index (χ3v) is 5.26. The molecule has 0 saturated heterocycles. The van der Waals surface area contributed by atoms with Crippen molar-refractivity contribution in [1.29, 1.82) is 0 Å². The zero-order chi connectivity index (χ0) is 19.7. The van der Waals surface area contributed by atoms with E-state index in [4.69, 9.17) is 4.74 Å². The summed E-state index contributed by atoms with van der Waals surface area (Å²) in [7, 11) is 1.55. The molecule has 0 aliphatic carbocycles. The van der Waals surface area contributed by atoms with Crippen LogP contribution in [-0.2, 0) is 16.0 Å². The number of carbonyl (C=O) groups excluding carboxylic acids is 2. The summed E-state index contributed by atoms with van der Waals surface area (Å²) in [5, 5.41) is 0. The Morgan fingerprint density at radius 3 is 2.50 bits per heavy atom. The molecule has 2 aliphatic heterocycles. The number of carbonyl (C=O) groups is 2. The van der Waals surface area contributed by atoms with E-state index in [1.54, 1.807) is 7.05 Å². The number of para-hydroxylation sites is 1. The van der Waals surface area contributed by atoms with E-state index < -0.39 is 0 Å². The summed E-state index contributed by atoms with van der Waals surface area (Å²) < 4.78 is 5.64. The first-order valence-electron chi connectivity index (χ1n) is 9.77. The summed E-state index contributed by atoms with van der Waals surface area (Å²) in [6.45, 7) is 3.43. The minimum Gasteiger partial charge on any atom is -0.494 e. The number of nitrogens with zero attached hydrogens (tertiary/aromatic N) is 2. The molecule has 0 aromatic heterocycles. The van der Waals surface area contributed by atoms with E-state index in [1.165, 1.54) is 10.5 Å². The van der Waals surface area contributed by atoms with E-state index in [-0.39, 0.29) is 11.8 Å². The zero-order valence-electron chi connectivity index (χ0n) is 16.3. The molecule has 2 amide bonds. The van der Waals surface area contributed by atoms with Gasteiger partial charge in [-0.25, -0.2) is 0 Å². The molecule has 4 rings (SSSR count). The van der Waals surface area contributed by atoms with E-state index >= 15 is 0 Å². The molecule has 5 nitrogen and oxygen atoms in total. The highest BCUT2D eigenvalue weighted by Crippen LogP contribution is 2.37. The normalized spacial score (nSPS) is 16.6. The summed E-state index contributed by atoms with van der Waals surface area (Å²) in [5.74, 6) is 0.259. The lowest BCUT2D eigenvalue weighted by Gasteiger charge is -2.31. The number of imide groups is 1. The molecule has 0 unspecified atom stereocenters. The maximum atomic E-state index is 13.0. The van der Waals surface area contributed by atoms with E-state index in [0.717, 1.165) is 42.8 Å².